The van der Waals surface area contributed by atoms with Gasteiger partial charge in [-0.15, -0.1) is 0 Å². The summed E-state index contributed by atoms with van der Waals surface area (Å²) < 4.78 is 11.7. The van der Waals surface area contributed by atoms with E-state index < -0.39 is 4.90 Å². The van der Waals surface area contributed by atoms with Gasteiger partial charge in [-0.05, 0) is 99.7 Å². The molecule has 0 unspecified atom stereocenters. The summed E-state index contributed by atoms with van der Waals surface area (Å²) >= 11 is 2.74. The summed E-state index contributed by atoms with van der Waals surface area (Å²) in [6.45, 7) is 5.88. The minimum Gasteiger partial charge on any atom is -0.353 e. The summed E-state index contributed by atoms with van der Waals surface area (Å²) in [5.74, 6) is 0. The number of ether oxygens (including phenoxy) is 2. The summed E-state index contributed by atoms with van der Waals surface area (Å²) in [5.41, 5.74) is 1.43. The molecule has 0 atom stereocenters. The number of hydrogen-bond donors (Lipinski definition) is 0. The van der Waals surface area contributed by atoms with Gasteiger partial charge in [0.25, 0.3) is 0 Å². The SMILES string of the molecule is CCCOC(CCCCC/C=C\CCCc1ccc([P+](I)(c2ccccc2)c2ccccc2)cc1)OCCC. The fourth-order valence-corrected chi connectivity index (χ4v) is 10.2. The van der Waals surface area contributed by atoms with Crippen LogP contribution < -0.4 is 15.9 Å². The zero-order chi connectivity index (χ0) is 27.6. The minimum atomic E-state index is -1.67. The Bertz CT molecular complexity index is 1010. The van der Waals surface area contributed by atoms with E-state index in [9.17, 15) is 0 Å². The first-order valence-corrected chi connectivity index (χ1v) is 19.4. The Morgan fingerprint density at radius 2 is 1.15 bits per heavy atom. The van der Waals surface area contributed by atoms with Crippen LogP contribution in [0.4, 0.5) is 0 Å². The van der Waals surface area contributed by atoms with Gasteiger partial charge in [0.15, 0.2) is 33.2 Å². The fraction of sp³-hybridized carbons (Fsp3) is 0.429. The number of aryl methyl sites for hydroxylation is 1. The van der Waals surface area contributed by atoms with Crippen LogP contribution in [0.15, 0.2) is 97.1 Å². The number of rotatable bonds is 19. The van der Waals surface area contributed by atoms with Crippen LogP contribution in [-0.4, -0.2) is 19.5 Å². The molecule has 0 aliphatic carbocycles. The third-order valence-corrected chi connectivity index (χ3v) is 14.9. The second kappa shape index (κ2) is 18.8. The summed E-state index contributed by atoms with van der Waals surface area (Å²) in [7, 11) is 0. The van der Waals surface area contributed by atoms with E-state index in [1.54, 1.807) is 0 Å². The number of halogens is 1. The highest BCUT2D eigenvalue weighted by molar-refractivity contribution is 14.2. The van der Waals surface area contributed by atoms with Crippen molar-refractivity contribution in [3.8, 4) is 0 Å². The molecular weight excluding hydrogens is 610 g/mol. The molecule has 0 aliphatic rings. The Morgan fingerprint density at radius 1 is 0.641 bits per heavy atom. The molecule has 0 aliphatic heterocycles. The zero-order valence-corrected chi connectivity index (χ0v) is 27.0. The molecular formula is C35H47IO2P+. The van der Waals surface area contributed by atoms with E-state index in [2.05, 4.69) is 133 Å². The average Bonchev–Trinajstić information content (AvgIpc) is 2.99. The van der Waals surface area contributed by atoms with Crippen molar-refractivity contribution < 1.29 is 9.47 Å². The molecule has 0 heterocycles. The van der Waals surface area contributed by atoms with E-state index in [1.807, 2.05) is 0 Å². The van der Waals surface area contributed by atoms with Crippen LogP contribution in [-0.2, 0) is 15.9 Å². The van der Waals surface area contributed by atoms with Crippen molar-refractivity contribution in [3.05, 3.63) is 103 Å². The molecule has 0 saturated heterocycles. The molecule has 0 fully saturated rings. The molecule has 0 amide bonds. The van der Waals surface area contributed by atoms with Crippen LogP contribution in [0.2, 0.25) is 0 Å². The van der Waals surface area contributed by atoms with Crippen LogP contribution in [0.25, 0.3) is 0 Å². The van der Waals surface area contributed by atoms with Crippen molar-refractivity contribution in [2.45, 2.75) is 84.3 Å². The summed E-state index contributed by atoms with van der Waals surface area (Å²) in [4.78, 5) is -1.67. The summed E-state index contributed by atoms with van der Waals surface area (Å²) in [6, 6.07) is 31.4. The van der Waals surface area contributed by atoms with Gasteiger partial charge >= 0.3 is 0 Å². The third-order valence-electron chi connectivity index (χ3n) is 6.85. The molecule has 39 heavy (non-hydrogen) atoms. The molecule has 0 radical (unpaired) electrons. The van der Waals surface area contributed by atoms with Gasteiger partial charge in [0.2, 0.25) is 0 Å². The molecule has 0 N–H and O–H groups in total. The predicted molar refractivity (Wildman–Crippen MR) is 181 cm³/mol. The van der Waals surface area contributed by atoms with Crippen molar-refractivity contribution in [1.82, 2.24) is 0 Å². The van der Waals surface area contributed by atoms with E-state index in [-0.39, 0.29) is 6.29 Å². The van der Waals surface area contributed by atoms with Crippen molar-refractivity contribution in [3.63, 3.8) is 0 Å². The summed E-state index contributed by atoms with van der Waals surface area (Å²) in [5, 5.41) is 4.28. The van der Waals surface area contributed by atoms with Crippen LogP contribution in [0.3, 0.4) is 0 Å². The topological polar surface area (TPSA) is 18.5 Å². The number of hydrogen-bond acceptors (Lipinski definition) is 2. The van der Waals surface area contributed by atoms with Gasteiger partial charge in [-0.3, -0.25) is 0 Å². The molecule has 3 aromatic rings. The predicted octanol–water partition coefficient (Wildman–Crippen LogP) is 9.34. The number of unbranched alkanes of at least 4 members (excludes halogenated alkanes) is 4. The van der Waals surface area contributed by atoms with Gasteiger partial charge in [0.1, 0.15) is 15.9 Å². The van der Waals surface area contributed by atoms with Crippen LogP contribution in [0.5, 0.6) is 0 Å². The second-order valence-corrected chi connectivity index (χ2v) is 17.2. The number of benzene rings is 3. The monoisotopic (exact) mass is 657 g/mol. The summed E-state index contributed by atoms with van der Waals surface area (Å²) in [6.07, 6.45) is 16.2. The number of allylic oxidation sites excluding steroid dienone is 2. The van der Waals surface area contributed by atoms with Crippen LogP contribution in [0, 0.1) is 0 Å². The van der Waals surface area contributed by atoms with Gasteiger partial charge in [0.05, 0.1) is 0 Å². The first-order valence-electron chi connectivity index (χ1n) is 14.9. The van der Waals surface area contributed by atoms with E-state index in [0.29, 0.717) is 0 Å². The Labute approximate surface area is 251 Å². The van der Waals surface area contributed by atoms with Crippen molar-refractivity contribution in [2.75, 3.05) is 13.2 Å². The Balaban J connectivity index is 1.40. The normalized spacial score (nSPS) is 12.0. The van der Waals surface area contributed by atoms with Crippen molar-refractivity contribution in [1.29, 1.82) is 0 Å². The Hall–Kier alpha value is -1.52. The van der Waals surface area contributed by atoms with E-state index >= 15 is 0 Å². The van der Waals surface area contributed by atoms with Crippen LogP contribution >= 0.6 is 26.9 Å². The smallest absolute Gasteiger partial charge is 0.173 e. The maximum absolute atomic E-state index is 5.83. The Kier molecular flexibility index (Phi) is 15.4. The lowest BCUT2D eigenvalue weighted by molar-refractivity contribution is -0.146. The fourth-order valence-electron chi connectivity index (χ4n) is 4.71. The average molecular weight is 658 g/mol. The molecule has 0 aromatic heterocycles. The quantitative estimate of drug-likeness (QED) is 0.0421. The zero-order valence-electron chi connectivity index (χ0n) is 23.9. The van der Waals surface area contributed by atoms with Gasteiger partial charge in [0, 0.05) is 13.2 Å². The lowest BCUT2D eigenvalue weighted by Crippen LogP contribution is -2.26. The molecule has 3 aromatic carbocycles. The first-order chi connectivity index (χ1) is 19.2. The molecule has 3 rings (SSSR count). The maximum Gasteiger partial charge on any atom is 0.173 e. The first kappa shape index (κ1) is 32.0. The van der Waals surface area contributed by atoms with E-state index in [0.717, 1.165) is 45.3 Å². The van der Waals surface area contributed by atoms with Crippen molar-refractivity contribution in [2.24, 2.45) is 0 Å². The van der Waals surface area contributed by atoms with Gasteiger partial charge in [-0.1, -0.05) is 81.0 Å². The standard InChI is InChI=1S/C35H47IO2P/c1-3-29-37-35(38-30-4-2)24-18-10-8-6-5-7-9-13-19-31-25-27-34(28-26-31)39(36,32-20-14-11-15-21-32)33-22-16-12-17-23-33/h5,7,11-12,14-17,20-23,25-28,35H,3-4,6,8-10,13,18-19,24,29-30H2,1-2H3/q+1/b7-5-. The molecule has 0 saturated carbocycles. The van der Waals surface area contributed by atoms with Crippen LogP contribution in [0.1, 0.15) is 77.2 Å². The third kappa shape index (κ3) is 10.8. The van der Waals surface area contributed by atoms with E-state index in [1.165, 1.54) is 53.6 Å². The molecule has 4 heteroatoms. The molecule has 210 valence electrons. The largest absolute Gasteiger partial charge is 0.353 e. The highest BCUT2D eigenvalue weighted by Gasteiger charge is 2.43. The highest BCUT2D eigenvalue weighted by atomic mass is 127. The molecule has 0 spiro atoms. The Morgan fingerprint density at radius 3 is 1.69 bits per heavy atom. The van der Waals surface area contributed by atoms with Gasteiger partial charge in [-0.25, -0.2) is 0 Å². The lowest BCUT2D eigenvalue weighted by Gasteiger charge is -2.20. The highest BCUT2D eigenvalue weighted by Crippen LogP contribution is 2.63. The second-order valence-electron chi connectivity index (χ2n) is 10.1. The molecule has 2 nitrogen and oxygen atoms in total. The van der Waals surface area contributed by atoms with Crippen molar-refractivity contribution >= 4 is 42.9 Å². The van der Waals surface area contributed by atoms with Gasteiger partial charge in [-0.2, -0.15) is 0 Å². The molecule has 0 bridgehead atoms. The van der Waals surface area contributed by atoms with Gasteiger partial charge < -0.3 is 9.47 Å². The minimum absolute atomic E-state index is 0.0126. The van der Waals surface area contributed by atoms with E-state index in [4.69, 9.17) is 9.47 Å². The maximum atomic E-state index is 5.83. The lowest BCUT2D eigenvalue weighted by atomic mass is 10.1.